The van der Waals surface area contributed by atoms with E-state index in [1.807, 2.05) is 18.2 Å². The van der Waals surface area contributed by atoms with E-state index in [1.54, 1.807) is 12.3 Å². The highest BCUT2D eigenvalue weighted by Crippen LogP contribution is 2.51. The van der Waals surface area contributed by atoms with Crippen molar-refractivity contribution in [2.45, 2.75) is 36.8 Å². The molecule has 3 aromatic rings. The molecule has 1 aromatic carbocycles. The number of pyridine rings is 1. The van der Waals surface area contributed by atoms with Crippen molar-refractivity contribution in [2.24, 2.45) is 0 Å². The molecule has 3 aliphatic rings. The van der Waals surface area contributed by atoms with Gasteiger partial charge >= 0.3 is 0 Å². The van der Waals surface area contributed by atoms with Gasteiger partial charge in [0.25, 0.3) is 0 Å². The Morgan fingerprint density at radius 2 is 2.04 bits per heavy atom. The van der Waals surface area contributed by atoms with Gasteiger partial charge in [-0.15, -0.1) is 0 Å². The molecule has 2 bridgehead atoms. The number of nitrogens with zero attached hydrogens (tertiary/aromatic N) is 2. The van der Waals surface area contributed by atoms with Crippen molar-refractivity contribution in [1.82, 2.24) is 9.88 Å². The Morgan fingerprint density at radius 3 is 2.68 bits per heavy atom. The van der Waals surface area contributed by atoms with Gasteiger partial charge in [-0.2, -0.15) is 0 Å². The molecule has 0 radical (unpaired) electrons. The molecule has 4 heterocycles. The lowest BCUT2D eigenvalue weighted by molar-refractivity contribution is -0.138. The standard InChI is InChI=1S/C22H19ClN2O3/c23-17-5-8-24-18-10-19(28-20(17)18)13-1-3-14(4-2-13)22(6-7-22)21(26)25-11-16-9-15(25)12-27-16/h1-5,8,10,15-16H,6-7,9,11-12H2/t15-,16-/m0/s1. The molecule has 1 aliphatic carbocycles. The second-order valence-corrected chi connectivity index (χ2v) is 8.49. The highest BCUT2D eigenvalue weighted by atomic mass is 35.5. The van der Waals surface area contributed by atoms with Crippen LogP contribution < -0.4 is 0 Å². The molecular formula is C22H19ClN2O3. The zero-order chi connectivity index (χ0) is 18.9. The van der Waals surface area contributed by atoms with E-state index in [9.17, 15) is 4.79 Å². The third-order valence-corrected chi connectivity index (χ3v) is 6.70. The number of fused-ring (bicyclic) bond motifs is 3. The van der Waals surface area contributed by atoms with Crippen LogP contribution in [0.5, 0.6) is 0 Å². The van der Waals surface area contributed by atoms with E-state index >= 15 is 0 Å². The molecular weight excluding hydrogens is 376 g/mol. The van der Waals surface area contributed by atoms with Crippen LogP contribution in [0.15, 0.2) is 47.0 Å². The van der Waals surface area contributed by atoms with Crippen molar-refractivity contribution >= 4 is 28.6 Å². The summed E-state index contributed by atoms with van der Waals surface area (Å²) < 4.78 is 11.6. The minimum Gasteiger partial charge on any atom is -0.453 e. The van der Waals surface area contributed by atoms with Crippen LogP contribution in [-0.4, -0.2) is 41.1 Å². The SMILES string of the molecule is O=C(N1C[C@@H]2C[C@H]1CO2)C1(c2ccc(-c3cc4nccc(Cl)c4o3)cc2)CC1. The van der Waals surface area contributed by atoms with E-state index in [2.05, 4.69) is 22.0 Å². The predicted molar refractivity (Wildman–Crippen MR) is 105 cm³/mol. The first-order valence-electron chi connectivity index (χ1n) is 9.72. The van der Waals surface area contributed by atoms with Crippen LogP contribution in [0.25, 0.3) is 22.4 Å². The molecule has 3 fully saturated rings. The van der Waals surface area contributed by atoms with Crippen molar-refractivity contribution in [3.05, 3.63) is 53.2 Å². The topological polar surface area (TPSA) is 55.6 Å². The first-order valence-corrected chi connectivity index (χ1v) is 10.1. The van der Waals surface area contributed by atoms with Gasteiger partial charge < -0.3 is 14.1 Å². The number of benzene rings is 1. The number of halogens is 1. The van der Waals surface area contributed by atoms with Crippen LogP contribution in [0.1, 0.15) is 24.8 Å². The molecule has 1 amide bonds. The van der Waals surface area contributed by atoms with Gasteiger partial charge in [-0.05, 0) is 30.9 Å². The van der Waals surface area contributed by atoms with E-state index in [0.29, 0.717) is 17.2 Å². The van der Waals surface area contributed by atoms with Gasteiger partial charge in [-0.3, -0.25) is 9.78 Å². The fourth-order valence-corrected chi connectivity index (χ4v) is 4.87. The number of hydrogen-bond acceptors (Lipinski definition) is 4. The number of likely N-dealkylation sites (tertiary alicyclic amines) is 1. The lowest BCUT2D eigenvalue weighted by Gasteiger charge is -2.31. The minimum atomic E-state index is -0.345. The lowest BCUT2D eigenvalue weighted by atomic mass is 9.92. The van der Waals surface area contributed by atoms with E-state index in [1.165, 1.54) is 0 Å². The fourth-order valence-electron chi connectivity index (χ4n) is 4.68. The summed E-state index contributed by atoms with van der Waals surface area (Å²) in [5, 5.41) is 0.555. The maximum Gasteiger partial charge on any atom is 0.233 e. The molecule has 5 nitrogen and oxygen atoms in total. The van der Waals surface area contributed by atoms with Gasteiger partial charge in [0.2, 0.25) is 5.91 Å². The average Bonchev–Trinajstić information content (AvgIpc) is 3.07. The summed E-state index contributed by atoms with van der Waals surface area (Å²) in [6.07, 6.45) is 4.74. The fraction of sp³-hybridized carbons (Fsp3) is 0.364. The van der Waals surface area contributed by atoms with E-state index in [-0.39, 0.29) is 23.5 Å². The van der Waals surface area contributed by atoms with Gasteiger partial charge in [-0.25, -0.2) is 0 Å². The monoisotopic (exact) mass is 394 g/mol. The summed E-state index contributed by atoms with van der Waals surface area (Å²) in [4.78, 5) is 19.6. The Kier molecular flexibility index (Phi) is 3.44. The quantitative estimate of drug-likeness (QED) is 0.668. The number of amides is 1. The van der Waals surface area contributed by atoms with Gasteiger partial charge in [0.05, 0.1) is 29.2 Å². The number of furan rings is 1. The van der Waals surface area contributed by atoms with Crippen molar-refractivity contribution in [2.75, 3.05) is 13.2 Å². The zero-order valence-corrected chi connectivity index (χ0v) is 16.0. The van der Waals surface area contributed by atoms with Crippen molar-refractivity contribution in [3.8, 4) is 11.3 Å². The lowest BCUT2D eigenvalue weighted by Crippen LogP contribution is -2.46. The summed E-state index contributed by atoms with van der Waals surface area (Å²) in [5.74, 6) is 1.00. The number of hydrogen-bond donors (Lipinski definition) is 0. The summed E-state index contributed by atoms with van der Waals surface area (Å²) in [5.41, 5.74) is 3.05. The first kappa shape index (κ1) is 16.6. The number of carbonyl (C=O) groups is 1. The highest BCUT2D eigenvalue weighted by molar-refractivity contribution is 6.34. The molecule has 6 heteroatoms. The smallest absolute Gasteiger partial charge is 0.233 e. The van der Waals surface area contributed by atoms with Crippen LogP contribution in [0.3, 0.4) is 0 Å². The summed E-state index contributed by atoms with van der Waals surface area (Å²) in [7, 11) is 0. The Hall–Kier alpha value is -2.37. The number of morpholine rings is 1. The summed E-state index contributed by atoms with van der Waals surface area (Å²) in [6.45, 7) is 1.43. The molecule has 142 valence electrons. The molecule has 0 unspecified atom stereocenters. The van der Waals surface area contributed by atoms with Crippen LogP contribution >= 0.6 is 11.6 Å². The van der Waals surface area contributed by atoms with Gasteiger partial charge in [0, 0.05) is 24.4 Å². The molecule has 2 saturated heterocycles. The van der Waals surface area contributed by atoms with Crippen LogP contribution in [0.2, 0.25) is 5.02 Å². The molecule has 2 aromatic heterocycles. The van der Waals surface area contributed by atoms with Crippen LogP contribution in [0, 0.1) is 0 Å². The molecule has 0 spiro atoms. The average molecular weight is 395 g/mol. The van der Waals surface area contributed by atoms with E-state index in [0.717, 1.165) is 48.2 Å². The highest BCUT2D eigenvalue weighted by Gasteiger charge is 2.56. The number of carbonyl (C=O) groups excluding carboxylic acids is 1. The molecule has 2 atom stereocenters. The van der Waals surface area contributed by atoms with Crippen molar-refractivity contribution in [3.63, 3.8) is 0 Å². The van der Waals surface area contributed by atoms with Crippen LogP contribution in [0.4, 0.5) is 0 Å². The zero-order valence-electron chi connectivity index (χ0n) is 15.2. The second kappa shape index (κ2) is 5.82. The Bertz CT molecular complexity index is 1090. The molecule has 0 N–H and O–H groups in total. The molecule has 6 rings (SSSR count). The Balaban J connectivity index is 1.29. The third kappa shape index (κ3) is 2.36. The first-order chi connectivity index (χ1) is 13.6. The van der Waals surface area contributed by atoms with Crippen LogP contribution in [-0.2, 0) is 14.9 Å². The maximum absolute atomic E-state index is 13.3. The van der Waals surface area contributed by atoms with E-state index in [4.69, 9.17) is 20.8 Å². The second-order valence-electron chi connectivity index (χ2n) is 8.08. The van der Waals surface area contributed by atoms with Crippen molar-refractivity contribution in [1.29, 1.82) is 0 Å². The largest absolute Gasteiger partial charge is 0.453 e. The number of aromatic nitrogens is 1. The van der Waals surface area contributed by atoms with Gasteiger partial charge in [0.15, 0.2) is 5.58 Å². The molecule has 2 aliphatic heterocycles. The Labute approximate surface area is 167 Å². The van der Waals surface area contributed by atoms with E-state index < -0.39 is 0 Å². The maximum atomic E-state index is 13.3. The minimum absolute atomic E-state index is 0.237. The van der Waals surface area contributed by atoms with Crippen molar-refractivity contribution < 1.29 is 13.9 Å². The number of ether oxygens (including phenoxy) is 1. The van der Waals surface area contributed by atoms with Gasteiger partial charge in [-0.1, -0.05) is 35.9 Å². The number of rotatable bonds is 3. The third-order valence-electron chi connectivity index (χ3n) is 6.41. The summed E-state index contributed by atoms with van der Waals surface area (Å²) in [6, 6.07) is 12.1. The molecule has 1 saturated carbocycles. The normalized spacial score (nSPS) is 24.8. The Morgan fingerprint density at radius 1 is 1.21 bits per heavy atom. The molecule has 28 heavy (non-hydrogen) atoms. The predicted octanol–water partition coefficient (Wildman–Crippen LogP) is 4.18. The van der Waals surface area contributed by atoms with Gasteiger partial charge in [0.1, 0.15) is 11.3 Å². The summed E-state index contributed by atoms with van der Waals surface area (Å²) >= 11 is 6.19.